The quantitative estimate of drug-likeness (QED) is 0.391. The Hall–Kier alpha value is -3.20. The second kappa shape index (κ2) is 9.96. The van der Waals surface area contributed by atoms with E-state index in [9.17, 15) is 24.3 Å². The number of halogens is 2. The fourth-order valence-corrected chi connectivity index (χ4v) is 8.42. The van der Waals surface area contributed by atoms with Crippen LogP contribution in [0.5, 0.6) is 0 Å². The molecule has 5 unspecified atom stereocenters. The lowest BCUT2D eigenvalue weighted by molar-refractivity contribution is -0.238. The lowest BCUT2D eigenvalue weighted by Crippen LogP contribution is -2.71. The number of hydrogen-bond acceptors (Lipinski definition) is 7. The number of rotatable bonds is 6. The van der Waals surface area contributed by atoms with Crippen molar-refractivity contribution in [2.45, 2.75) is 76.9 Å². The van der Waals surface area contributed by atoms with Crippen molar-refractivity contribution in [3.8, 4) is 0 Å². The number of carbonyl (C=O) groups is 4. The topological polar surface area (TPSA) is 107 Å². The van der Waals surface area contributed by atoms with Gasteiger partial charge in [-0.3, -0.25) is 14.4 Å². The molecule has 9 heteroatoms. The Kier molecular flexibility index (Phi) is 7.12. The number of aliphatic hydroxyl groups is 1. The number of allylic oxidation sites excluding steroid dienone is 4. The number of fused-ring (bicyclic) bond motifs is 5. The molecular formula is C32H36F2O7. The van der Waals surface area contributed by atoms with E-state index in [1.165, 1.54) is 19.1 Å². The molecule has 0 spiro atoms. The van der Waals surface area contributed by atoms with Crippen LogP contribution >= 0.6 is 0 Å². The van der Waals surface area contributed by atoms with Gasteiger partial charge in [-0.1, -0.05) is 57.2 Å². The largest absolute Gasteiger partial charge is 0.454 e. The number of aliphatic hydroxyl groups excluding tert-OH is 1. The Bertz CT molecular complexity index is 1340. The van der Waals surface area contributed by atoms with Gasteiger partial charge in [-0.15, -0.1) is 0 Å². The smallest absolute Gasteiger partial charge is 0.351 e. The molecule has 220 valence electrons. The van der Waals surface area contributed by atoms with Crippen LogP contribution in [0.3, 0.4) is 0 Å². The molecule has 0 bridgehead atoms. The van der Waals surface area contributed by atoms with Crippen LogP contribution in [0.1, 0.15) is 63.7 Å². The SMILES string of the molecule is CCC(=O)O[C@]1(C(=O)OCC(=O)c2ccccc2)[C@H](C)CC2C3C[C@H](F)C4=CC(=O)C=CC4(C)[C@@]3(F)C(O)CC21C. The van der Waals surface area contributed by atoms with E-state index in [1.807, 2.05) is 0 Å². The maximum atomic E-state index is 17.5. The highest BCUT2D eigenvalue weighted by molar-refractivity contribution is 6.01. The van der Waals surface area contributed by atoms with Crippen molar-refractivity contribution >= 4 is 23.5 Å². The average Bonchev–Trinajstić information content (AvgIpc) is 3.16. The maximum Gasteiger partial charge on any atom is 0.351 e. The van der Waals surface area contributed by atoms with Gasteiger partial charge in [0.15, 0.2) is 23.8 Å². The molecule has 3 saturated carbocycles. The first-order valence-corrected chi connectivity index (χ1v) is 14.2. The molecule has 0 aromatic heterocycles. The number of ketones is 2. The number of Topliss-reactive ketones (excluding diaryl/α,β-unsaturated/α-hetero) is 1. The minimum Gasteiger partial charge on any atom is -0.454 e. The van der Waals surface area contributed by atoms with Crippen LogP contribution in [0, 0.1) is 28.6 Å². The normalized spacial score (nSPS) is 41.0. The molecule has 4 aliphatic rings. The van der Waals surface area contributed by atoms with Crippen LogP contribution in [0.2, 0.25) is 0 Å². The third-order valence-electron chi connectivity index (χ3n) is 10.5. The van der Waals surface area contributed by atoms with Crippen molar-refractivity contribution in [3.05, 3.63) is 59.7 Å². The van der Waals surface area contributed by atoms with Gasteiger partial charge >= 0.3 is 11.9 Å². The van der Waals surface area contributed by atoms with Gasteiger partial charge < -0.3 is 14.6 Å². The fraction of sp³-hybridized carbons (Fsp3) is 0.562. The van der Waals surface area contributed by atoms with Gasteiger partial charge in [0.2, 0.25) is 5.60 Å². The van der Waals surface area contributed by atoms with Gasteiger partial charge in [-0.2, -0.15) is 0 Å². The minimum atomic E-state index is -2.35. The second-order valence-electron chi connectivity index (χ2n) is 12.4. The van der Waals surface area contributed by atoms with Crippen LogP contribution in [0.4, 0.5) is 8.78 Å². The molecule has 9 atom stereocenters. The van der Waals surface area contributed by atoms with Gasteiger partial charge in [0, 0.05) is 34.7 Å². The molecule has 1 N–H and O–H groups in total. The Labute approximate surface area is 238 Å². The first kappa shape index (κ1) is 29.3. The highest BCUT2D eigenvalue weighted by Gasteiger charge is 2.78. The Morgan fingerprint density at radius 1 is 1.10 bits per heavy atom. The van der Waals surface area contributed by atoms with Crippen molar-refractivity contribution in [1.82, 2.24) is 0 Å². The van der Waals surface area contributed by atoms with E-state index in [2.05, 4.69) is 0 Å². The van der Waals surface area contributed by atoms with E-state index < -0.39 is 82.2 Å². The van der Waals surface area contributed by atoms with Crippen LogP contribution < -0.4 is 0 Å². The summed E-state index contributed by atoms with van der Waals surface area (Å²) in [4.78, 5) is 51.6. The number of hydrogen-bond donors (Lipinski definition) is 1. The molecule has 0 amide bonds. The first-order valence-electron chi connectivity index (χ1n) is 14.2. The average molecular weight is 571 g/mol. The Balaban J connectivity index is 1.55. The van der Waals surface area contributed by atoms with Gasteiger partial charge in [0.1, 0.15) is 6.17 Å². The molecule has 7 nitrogen and oxygen atoms in total. The summed E-state index contributed by atoms with van der Waals surface area (Å²) in [5, 5.41) is 11.6. The second-order valence-corrected chi connectivity index (χ2v) is 12.4. The number of carbonyl (C=O) groups excluding carboxylic acids is 4. The van der Waals surface area contributed by atoms with E-state index in [-0.39, 0.29) is 31.3 Å². The van der Waals surface area contributed by atoms with Crippen molar-refractivity contribution in [2.24, 2.45) is 28.6 Å². The summed E-state index contributed by atoms with van der Waals surface area (Å²) < 4.78 is 44.7. The molecule has 1 aromatic rings. The lowest BCUT2D eigenvalue weighted by Gasteiger charge is -2.63. The van der Waals surface area contributed by atoms with Crippen molar-refractivity contribution in [2.75, 3.05) is 6.61 Å². The summed E-state index contributed by atoms with van der Waals surface area (Å²) in [6.45, 7) is 5.83. The zero-order valence-electron chi connectivity index (χ0n) is 23.7. The van der Waals surface area contributed by atoms with E-state index in [0.717, 1.165) is 6.08 Å². The van der Waals surface area contributed by atoms with Crippen molar-refractivity contribution < 1.29 is 42.5 Å². The summed E-state index contributed by atoms with van der Waals surface area (Å²) in [5.74, 6) is -4.95. The molecule has 4 aliphatic carbocycles. The highest BCUT2D eigenvalue weighted by atomic mass is 19.1. The van der Waals surface area contributed by atoms with Crippen LogP contribution in [0.25, 0.3) is 0 Å². The van der Waals surface area contributed by atoms with Gasteiger partial charge in [0.25, 0.3) is 0 Å². The van der Waals surface area contributed by atoms with Crippen LogP contribution in [-0.2, 0) is 23.9 Å². The molecule has 0 aliphatic heterocycles. The third-order valence-corrected chi connectivity index (χ3v) is 10.5. The summed E-state index contributed by atoms with van der Waals surface area (Å²) >= 11 is 0. The van der Waals surface area contributed by atoms with E-state index in [1.54, 1.807) is 51.1 Å². The standard InChI is InChI=1S/C32H36F2O7/c1-5-27(38)41-32(28(39)40-17-25(36)19-9-7-6-8-10-19)18(2)13-21-22-15-24(33)23-14-20(35)11-12-29(23,3)31(22,34)26(37)16-30(21,32)4/h6-12,14,18,21-22,24,26,37H,5,13,15-17H2,1-4H3/t18-,21?,22?,24+,26?,29?,30?,31+,32+/m1/s1. The molecule has 0 radical (unpaired) electrons. The molecule has 3 fully saturated rings. The molecule has 41 heavy (non-hydrogen) atoms. The van der Waals surface area contributed by atoms with Crippen LogP contribution in [-0.4, -0.2) is 58.8 Å². The van der Waals surface area contributed by atoms with Gasteiger partial charge in [0.05, 0.1) is 6.10 Å². The Morgan fingerprint density at radius 2 is 1.78 bits per heavy atom. The molecule has 1 aromatic carbocycles. The number of ether oxygens (including phenoxy) is 2. The molecule has 0 saturated heterocycles. The van der Waals surface area contributed by atoms with E-state index >= 15 is 8.78 Å². The summed E-state index contributed by atoms with van der Waals surface area (Å²) in [5.41, 5.74) is -6.87. The third kappa shape index (κ3) is 3.98. The first-order chi connectivity index (χ1) is 19.3. The molecule has 0 heterocycles. The fourth-order valence-electron chi connectivity index (χ4n) is 8.42. The Morgan fingerprint density at radius 3 is 2.44 bits per heavy atom. The lowest BCUT2D eigenvalue weighted by atomic mass is 9.44. The summed E-state index contributed by atoms with van der Waals surface area (Å²) in [6.07, 6.45) is -0.0995. The van der Waals surface area contributed by atoms with E-state index in [0.29, 0.717) is 5.56 Å². The zero-order valence-corrected chi connectivity index (χ0v) is 23.7. The van der Waals surface area contributed by atoms with Gasteiger partial charge in [-0.25, -0.2) is 13.6 Å². The predicted molar refractivity (Wildman–Crippen MR) is 144 cm³/mol. The number of benzene rings is 1. The summed E-state index contributed by atoms with van der Waals surface area (Å²) in [7, 11) is 0. The highest BCUT2D eigenvalue weighted by Crippen LogP contribution is 2.71. The number of esters is 2. The van der Waals surface area contributed by atoms with E-state index in [4.69, 9.17) is 9.47 Å². The van der Waals surface area contributed by atoms with Gasteiger partial charge in [-0.05, 0) is 49.8 Å². The molecule has 5 rings (SSSR count). The zero-order chi connectivity index (χ0) is 30.0. The predicted octanol–water partition coefficient (Wildman–Crippen LogP) is 4.67. The summed E-state index contributed by atoms with van der Waals surface area (Å²) in [6, 6.07) is 8.28. The minimum absolute atomic E-state index is 0.0000402. The molecular weight excluding hydrogens is 534 g/mol. The maximum absolute atomic E-state index is 17.5. The van der Waals surface area contributed by atoms with Crippen LogP contribution in [0.15, 0.2) is 54.1 Å². The monoisotopic (exact) mass is 570 g/mol. The van der Waals surface area contributed by atoms with Crippen molar-refractivity contribution in [1.29, 1.82) is 0 Å². The number of alkyl halides is 2. The van der Waals surface area contributed by atoms with Crippen molar-refractivity contribution in [3.63, 3.8) is 0 Å².